The molecule has 2 N–H and O–H groups in total. The molecule has 0 heterocycles. The predicted molar refractivity (Wildman–Crippen MR) is 62.8 cm³/mol. The summed E-state index contributed by atoms with van der Waals surface area (Å²) in [6.07, 6.45) is 0. The molecule has 1 aromatic carbocycles. The smallest absolute Gasteiger partial charge is 0.255 e. The standard InChI is InChI=1S/C12H18N2O/c1-8(2)14(4)12(15)10-7-5-6-9(3)11(10)13/h5-8H,13H2,1-4H3. The van der Waals surface area contributed by atoms with Crippen LogP contribution in [-0.2, 0) is 0 Å². The van der Waals surface area contributed by atoms with Crippen LogP contribution in [-0.4, -0.2) is 23.9 Å². The lowest BCUT2D eigenvalue weighted by Gasteiger charge is -2.22. The minimum absolute atomic E-state index is 0.0220. The number of hydrogen-bond acceptors (Lipinski definition) is 2. The first-order valence-corrected chi connectivity index (χ1v) is 5.07. The summed E-state index contributed by atoms with van der Waals surface area (Å²) in [7, 11) is 1.79. The average molecular weight is 206 g/mol. The van der Waals surface area contributed by atoms with Gasteiger partial charge in [-0.3, -0.25) is 4.79 Å². The molecular weight excluding hydrogens is 188 g/mol. The monoisotopic (exact) mass is 206 g/mol. The van der Waals surface area contributed by atoms with Crippen LogP contribution in [0.1, 0.15) is 29.8 Å². The molecule has 0 aliphatic rings. The SMILES string of the molecule is Cc1cccc(C(=O)N(C)C(C)C)c1N. The zero-order valence-corrected chi connectivity index (χ0v) is 9.74. The third kappa shape index (κ3) is 2.29. The quantitative estimate of drug-likeness (QED) is 0.753. The van der Waals surface area contributed by atoms with Gasteiger partial charge in [-0.2, -0.15) is 0 Å². The van der Waals surface area contributed by atoms with E-state index in [1.54, 1.807) is 18.0 Å². The molecule has 0 unspecified atom stereocenters. The molecule has 0 radical (unpaired) electrons. The number of amides is 1. The average Bonchev–Trinajstić information content (AvgIpc) is 2.20. The van der Waals surface area contributed by atoms with Crippen molar-refractivity contribution in [3.05, 3.63) is 29.3 Å². The maximum Gasteiger partial charge on any atom is 0.255 e. The maximum absolute atomic E-state index is 12.0. The van der Waals surface area contributed by atoms with E-state index >= 15 is 0 Å². The minimum atomic E-state index is -0.0220. The summed E-state index contributed by atoms with van der Waals surface area (Å²) in [5.41, 5.74) is 7.98. The number of anilines is 1. The summed E-state index contributed by atoms with van der Waals surface area (Å²) in [5.74, 6) is -0.0220. The van der Waals surface area contributed by atoms with Gasteiger partial charge in [-0.25, -0.2) is 0 Å². The predicted octanol–water partition coefficient (Wildman–Crippen LogP) is 2.06. The van der Waals surface area contributed by atoms with Gasteiger partial charge in [-0.05, 0) is 32.4 Å². The van der Waals surface area contributed by atoms with Gasteiger partial charge < -0.3 is 10.6 Å². The fourth-order valence-electron chi connectivity index (χ4n) is 1.29. The second kappa shape index (κ2) is 4.34. The van der Waals surface area contributed by atoms with Crippen LogP contribution in [0.2, 0.25) is 0 Å². The summed E-state index contributed by atoms with van der Waals surface area (Å²) >= 11 is 0. The normalized spacial score (nSPS) is 10.5. The minimum Gasteiger partial charge on any atom is -0.398 e. The highest BCUT2D eigenvalue weighted by atomic mass is 16.2. The van der Waals surface area contributed by atoms with E-state index in [1.165, 1.54) is 0 Å². The van der Waals surface area contributed by atoms with Gasteiger partial charge in [-0.1, -0.05) is 12.1 Å². The second-order valence-electron chi connectivity index (χ2n) is 4.05. The molecule has 82 valence electrons. The van der Waals surface area contributed by atoms with Gasteiger partial charge in [0.25, 0.3) is 5.91 Å². The molecule has 0 aliphatic heterocycles. The van der Waals surface area contributed by atoms with E-state index in [2.05, 4.69) is 0 Å². The molecule has 3 nitrogen and oxygen atoms in total. The molecule has 3 heteroatoms. The van der Waals surface area contributed by atoms with Gasteiger partial charge in [0.05, 0.1) is 5.56 Å². The molecule has 0 saturated carbocycles. The van der Waals surface area contributed by atoms with Crippen LogP contribution in [0, 0.1) is 6.92 Å². The van der Waals surface area contributed by atoms with Crippen molar-refractivity contribution in [1.82, 2.24) is 4.90 Å². The van der Waals surface area contributed by atoms with Gasteiger partial charge in [0.1, 0.15) is 0 Å². The lowest BCUT2D eigenvalue weighted by molar-refractivity contribution is 0.0756. The molecule has 0 atom stereocenters. The summed E-state index contributed by atoms with van der Waals surface area (Å²) < 4.78 is 0. The van der Waals surface area contributed by atoms with Crippen LogP contribution in [0.3, 0.4) is 0 Å². The van der Waals surface area contributed by atoms with Crippen LogP contribution >= 0.6 is 0 Å². The van der Waals surface area contributed by atoms with Crippen molar-refractivity contribution in [2.75, 3.05) is 12.8 Å². The first kappa shape index (κ1) is 11.6. The van der Waals surface area contributed by atoms with Crippen molar-refractivity contribution in [3.8, 4) is 0 Å². The molecular formula is C12H18N2O. The molecule has 0 aliphatic carbocycles. The van der Waals surface area contributed by atoms with Crippen molar-refractivity contribution in [2.24, 2.45) is 0 Å². The van der Waals surface area contributed by atoms with Crippen LogP contribution in [0.5, 0.6) is 0 Å². The summed E-state index contributed by atoms with van der Waals surface area (Å²) in [4.78, 5) is 13.7. The Morgan fingerprint density at radius 3 is 2.53 bits per heavy atom. The Hall–Kier alpha value is -1.51. The zero-order valence-electron chi connectivity index (χ0n) is 9.74. The van der Waals surface area contributed by atoms with Crippen molar-refractivity contribution < 1.29 is 4.79 Å². The van der Waals surface area contributed by atoms with E-state index in [0.29, 0.717) is 11.3 Å². The number of nitrogen functional groups attached to an aromatic ring is 1. The number of hydrogen-bond donors (Lipinski definition) is 1. The van der Waals surface area contributed by atoms with Crippen molar-refractivity contribution in [1.29, 1.82) is 0 Å². The highest BCUT2D eigenvalue weighted by Gasteiger charge is 2.17. The first-order chi connectivity index (χ1) is 6.95. The third-order valence-corrected chi connectivity index (χ3v) is 2.65. The number of nitrogens with two attached hydrogens (primary N) is 1. The van der Waals surface area contributed by atoms with Gasteiger partial charge in [0.15, 0.2) is 0 Å². The van der Waals surface area contributed by atoms with E-state index in [1.807, 2.05) is 32.9 Å². The second-order valence-corrected chi connectivity index (χ2v) is 4.05. The molecule has 1 aromatic rings. The fourth-order valence-corrected chi connectivity index (χ4v) is 1.29. The highest BCUT2D eigenvalue weighted by Crippen LogP contribution is 2.18. The van der Waals surface area contributed by atoms with E-state index in [9.17, 15) is 4.79 Å². The Balaban J connectivity index is 3.07. The number of para-hydroxylation sites is 1. The van der Waals surface area contributed by atoms with Gasteiger partial charge in [0, 0.05) is 18.8 Å². The van der Waals surface area contributed by atoms with Gasteiger partial charge >= 0.3 is 0 Å². The summed E-state index contributed by atoms with van der Waals surface area (Å²) in [6.45, 7) is 5.86. The van der Waals surface area contributed by atoms with Gasteiger partial charge in [-0.15, -0.1) is 0 Å². The Labute approximate surface area is 90.9 Å². The zero-order chi connectivity index (χ0) is 11.6. The summed E-state index contributed by atoms with van der Waals surface area (Å²) in [5, 5.41) is 0. The lowest BCUT2D eigenvalue weighted by Crippen LogP contribution is -2.33. The van der Waals surface area contributed by atoms with E-state index in [0.717, 1.165) is 5.56 Å². The molecule has 1 rings (SSSR count). The Bertz CT molecular complexity index is 372. The molecule has 0 saturated heterocycles. The number of benzene rings is 1. The van der Waals surface area contributed by atoms with E-state index < -0.39 is 0 Å². The number of rotatable bonds is 2. The molecule has 0 fully saturated rings. The largest absolute Gasteiger partial charge is 0.398 e. The van der Waals surface area contributed by atoms with Crippen molar-refractivity contribution >= 4 is 11.6 Å². The van der Waals surface area contributed by atoms with Gasteiger partial charge in [0.2, 0.25) is 0 Å². The molecule has 1 amide bonds. The third-order valence-electron chi connectivity index (χ3n) is 2.65. The highest BCUT2D eigenvalue weighted by molar-refractivity contribution is 5.99. The molecule has 0 spiro atoms. The topological polar surface area (TPSA) is 46.3 Å². The fraction of sp³-hybridized carbons (Fsp3) is 0.417. The van der Waals surface area contributed by atoms with Crippen LogP contribution < -0.4 is 5.73 Å². The van der Waals surface area contributed by atoms with Crippen molar-refractivity contribution in [2.45, 2.75) is 26.8 Å². The van der Waals surface area contributed by atoms with Crippen LogP contribution in [0.4, 0.5) is 5.69 Å². The van der Waals surface area contributed by atoms with E-state index in [-0.39, 0.29) is 11.9 Å². The summed E-state index contributed by atoms with van der Waals surface area (Å²) in [6, 6.07) is 5.70. The Morgan fingerprint density at radius 2 is 2.00 bits per heavy atom. The molecule has 15 heavy (non-hydrogen) atoms. The molecule has 0 bridgehead atoms. The van der Waals surface area contributed by atoms with E-state index in [4.69, 9.17) is 5.73 Å². The van der Waals surface area contributed by atoms with Crippen LogP contribution in [0.15, 0.2) is 18.2 Å². The lowest BCUT2D eigenvalue weighted by atomic mass is 10.1. The Kier molecular flexibility index (Phi) is 3.35. The first-order valence-electron chi connectivity index (χ1n) is 5.07. The Morgan fingerprint density at radius 1 is 1.40 bits per heavy atom. The number of nitrogens with zero attached hydrogens (tertiary/aromatic N) is 1. The number of carbonyl (C=O) groups excluding carboxylic acids is 1. The van der Waals surface area contributed by atoms with Crippen LogP contribution in [0.25, 0.3) is 0 Å². The molecule has 0 aromatic heterocycles. The number of aryl methyl sites for hydroxylation is 1. The maximum atomic E-state index is 12.0. The number of carbonyl (C=O) groups is 1. The van der Waals surface area contributed by atoms with Crippen molar-refractivity contribution in [3.63, 3.8) is 0 Å².